The zero-order chi connectivity index (χ0) is 20.6. The van der Waals surface area contributed by atoms with E-state index in [0.29, 0.717) is 24.4 Å². The molecule has 0 fully saturated rings. The summed E-state index contributed by atoms with van der Waals surface area (Å²) >= 11 is 1.33. The molecule has 0 spiro atoms. The first kappa shape index (κ1) is 19.4. The highest BCUT2D eigenvalue weighted by Crippen LogP contribution is 2.35. The number of amides is 1. The number of hydrogen-bond acceptors (Lipinski definition) is 6. The van der Waals surface area contributed by atoms with Gasteiger partial charge in [-0.3, -0.25) is 4.79 Å². The SMILES string of the molecule is COc1ccc(CC(=O)N2CCc3sc(-c4noc(C(F)(F)F)n4)cc3C2)cc1. The third kappa shape index (κ3) is 4.12. The lowest BCUT2D eigenvalue weighted by atomic mass is 10.1. The van der Waals surface area contributed by atoms with E-state index in [1.165, 1.54) is 11.3 Å². The first-order valence-electron chi connectivity index (χ1n) is 8.77. The molecule has 2 aromatic heterocycles. The van der Waals surface area contributed by atoms with Crippen molar-refractivity contribution in [3.8, 4) is 16.5 Å². The highest BCUT2D eigenvalue weighted by atomic mass is 32.1. The fourth-order valence-electron chi connectivity index (χ4n) is 3.12. The fraction of sp³-hybridized carbons (Fsp3) is 0.316. The maximum Gasteiger partial charge on any atom is 0.471 e. The van der Waals surface area contributed by atoms with Gasteiger partial charge in [-0.25, -0.2) is 0 Å². The van der Waals surface area contributed by atoms with Gasteiger partial charge in [0.25, 0.3) is 0 Å². The van der Waals surface area contributed by atoms with Crippen LogP contribution < -0.4 is 4.74 Å². The van der Waals surface area contributed by atoms with Crippen molar-refractivity contribution in [2.24, 2.45) is 0 Å². The van der Waals surface area contributed by atoms with E-state index in [2.05, 4.69) is 14.7 Å². The summed E-state index contributed by atoms with van der Waals surface area (Å²) in [6, 6.07) is 9.05. The molecule has 0 saturated carbocycles. The Balaban J connectivity index is 1.45. The zero-order valence-corrected chi connectivity index (χ0v) is 16.1. The Morgan fingerprint density at radius 2 is 2.07 bits per heavy atom. The second-order valence-electron chi connectivity index (χ2n) is 6.57. The highest BCUT2D eigenvalue weighted by molar-refractivity contribution is 7.15. The quantitative estimate of drug-likeness (QED) is 0.636. The second kappa shape index (κ2) is 7.51. The van der Waals surface area contributed by atoms with Crippen molar-refractivity contribution < 1.29 is 27.2 Å². The Hall–Kier alpha value is -2.88. The number of alkyl halides is 3. The van der Waals surface area contributed by atoms with Gasteiger partial charge < -0.3 is 14.2 Å². The lowest BCUT2D eigenvalue weighted by Gasteiger charge is -2.27. The van der Waals surface area contributed by atoms with Crippen molar-refractivity contribution in [1.29, 1.82) is 0 Å². The van der Waals surface area contributed by atoms with Crippen molar-refractivity contribution in [1.82, 2.24) is 15.0 Å². The standard InChI is InChI=1S/C19H16F3N3O3S/c1-27-13-4-2-11(3-5-13)8-16(26)25-7-6-14-12(10-25)9-15(29-14)17-23-18(28-24-17)19(20,21)22/h2-5,9H,6-8,10H2,1H3. The zero-order valence-electron chi connectivity index (χ0n) is 15.3. The maximum atomic E-state index is 12.7. The average molecular weight is 423 g/mol. The predicted octanol–water partition coefficient (Wildman–Crippen LogP) is 3.95. The molecule has 3 heterocycles. The molecule has 4 rings (SSSR count). The van der Waals surface area contributed by atoms with E-state index in [1.807, 2.05) is 24.3 Å². The predicted molar refractivity (Wildman–Crippen MR) is 98.4 cm³/mol. The van der Waals surface area contributed by atoms with Crippen molar-refractivity contribution >= 4 is 17.2 Å². The number of thiophene rings is 1. The molecule has 10 heteroatoms. The molecule has 0 atom stereocenters. The Labute approximate surface area is 167 Å². The molecule has 1 aliphatic heterocycles. The summed E-state index contributed by atoms with van der Waals surface area (Å²) in [5, 5.41) is 3.43. The summed E-state index contributed by atoms with van der Waals surface area (Å²) in [6.07, 6.45) is -3.76. The number of rotatable bonds is 4. The Morgan fingerprint density at radius 1 is 1.31 bits per heavy atom. The van der Waals surface area contributed by atoms with Crippen LogP contribution in [-0.4, -0.2) is 34.6 Å². The van der Waals surface area contributed by atoms with E-state index < -0.39 is 12.1 Å². The van der Waals surface area contributed by atoms with E-state index >= 15 is 0 Å². The number of carbonyl (C=O) groups excluding carboxylic acids is 1. The van der Waals surface area contributed by atoms with E-state index in [-0.39, 0.29) is 18.2 Å². The summed E-state index contributed by atoms with van der Waals surface area (Å²) in [5.41, 5.74) is 1.79. The lowest BCUT2D eigenvalue weighted by molar-refractivity contribution is -0.159. The summed E-state index contributed by atoms with van der Waals surface area (Å²) in [4.78, 5) is 19.4. The molecule has 29 heavy (non-hydrogen) atoms. The molecule has 0 N–H and O–H groups in total. The van der Waals surface area contributed by atoms with Crippen LogP contribution in [0.3, 0.4) is 0 Å². The molecular formula is C19H16F3N3O3S. The number of ether oxygens (including phenoxy) is 1. The number of fused-ring (bicyclic) bond motifs is 1. The van der Waals surface area contributed by atoms with Crippen LogP contribution in [-0.2, 0) is 30.4 Å². The molecule has 1 aliphatic rings. The minimum absolute atomic E-state index is 0.00696. The largest absolute Gasteiger partial charge is 0.497 e. The van der Waals surface area contributed by atoms with Gasteiger partial charge in [-0.15, -0.1) is 11.3 Å². The molecule has 1 aromatic carbocycles. The van der Waals surface area contributed by atoms with Gasteiger partial charge in [0.2, 0.25) is 11.7 Å². The van der Waals surface area contributed by atoms with Crippen molar-refractivity contribution in [2.45, 2.75) is 25.6 Å². The number of carbonyl (C=O) groups is 1. The first-order valence-corrected chi connectivity index (χ1v) is 9.58. The summed E-state index contributed by atoms with van der Waals surface area (Å²) in [6.45, 7) is 0.965. The van der Waals surface area contributed by atoms with Gasteiger partial charge in [0.1, 0.15) is 5.75 Å². The van der Waals surface area contributed by atoms with Gasteiger partial charge >= 0.3 is 12.1 Å². The smallest absolute Gasteiger partial charge is 0.471 e. The van der Waals surface area contributed by atoms with Gasteiger partial charge in [-0.2, -0.15) is 18.2 Å². The fourth-order valence-corrected chi connectivity index (χ4v) is 4.21. The number of halogens is 3. The Bertz CT molecular complexity index is 1030. The van der Waals surface area contributed by atoms with Gasteiger partial charge in [-0.05, 0) is 35.7 Å². The molecule has 1 amide bonds. The van der Waals surface area contributed by atoms with E-state index in [4.69, 9.17) is 4.74 Å². The first-order chi connectivity index (χ1) is 13.8. The number of nitrogens with zero attached hydrogens (tertiary/aromatic N) is 3. The maximum absolute atomic E-state index is 12.7. The monoisotopic (exact) mass is 423 g/mol. The van der Waals surface area contributed by atoms with Crippen LogP contribution in [0.5, 0.6) is 5.75 Å². The van der Waals surface area contributed by atoms with Crippen LogP contribution in [0, 0.1) is 0 Å². The minimum Gasteiger partial charge on any atom is -0.497 e. The number of aromatic nitrogens is 2. The summed E-state index contributed by atoms with van der Waals surface area (Å²) < 4.78 is 47.4. The number of methoxy groups -OCH3 is 1. The number of hydrogen-bond donors (Lipinski definition) is 0. The molecule has 0 bridgehead atoms. The van der Waals surface area contributed by atoms with Crippen LogP contribution in [0.4, 0.5) is 13.2 Å². The molecule has 0 saturated heterocycles. The van der Waals surface area contributed by atoms with E-state index in [0.717, 1.165) is 21.8 Å². The highest BCUT2D eigenvalue weighted by Gasteiger charge is 2.38. The van der Waals surface area contributed by atoms with Crippen molar-refractivity contribution in [3.63, 3.8) is 0 Å². The number of benzene rings is 1. The Morgan fingerprint density at radius 3 is 2.72 bits per heavy atom. The molecule has 0 radical (unpaired) electrons. The average Bonchev–Trinajstić information content (AvgIpc) is 3.34. The van der Waals surface area contributed by atoms with E-state index in [9.17, 15) is 18.0 Å². The second-order valence-corrected chi connectivity index (χ2v) is 7.71. The summed E-state index contributed by atoms with van der Waals surface area (Å²) in [5.74, 6) is -0.736. The van der Waals surface area contributed by atoms with Crippen LogP contribution >= 0.6 is 11.3 Å². The third-order valence-corrected chi connectivity index (χ3v) is 5.86. The van der Waals surface area contributed by atoms with Crippen molar-refractivity contribution in [3.05, 3.63) is 52.2 Å². The molecule has 0 aliphatic carbocycles. The normalized spacial score (nSPS) is 14.0. The van der Waals surface area contributed by atoms with Crippen LogP contribution in [0.1, 0.15) is 21.9 Å². The molecule has 3 aromatic rings. The van der Waals surface area contributed by atoms with Crippen molar-refractivity contribution in [2.75, 3.05) is 13.7 Å². The minimum atomic E-state index is -4.67. The van der Waals surface area contributed by atoms with Crippen LogP contribution in [0.15, 0.2) is 34.9 Å². The molecular weight excluding hydrogens is 407 g/mol. The van der Waals surface area contributed by atoms with Gasteiger partial charge in [0.05, 0.1) is 18.4 Å². The van der Waals surface area contributed by atoms with Crippen LogP contribution in [0.2, 0.25) is 0 Å². The van der Waals surface area contributed by atoms with Crippen LogP contribution in [0.25, 0.3) is 10.7 Å². The molecule has 0 unspecified atom stereocenters. The molecule has 152 valence electrons. The Kier molecular flexibility index (Phi) is 5.03. The topological polar surface area (TPSA) is 68.5 Å². The van der Waals surface area contributed by atoms with Gasteiger partial charge in [0, 0.05) is 18.0 Å². The van der Waals surface area contributed by atoms with Gasteiger partial charge in [-0.1, -0.05) is 17.3 Å². The molecule has 6 nitrogen and oxygen atoms in total. The van der Waals surface area contributed by atoms with E-state index in [1.54, 1.807) is 18.1 Å². The summed E-state index contributed by atoms with van der Waals surface area (Å²) in [7, 11) is 1.58. The van der Waals surface area contributed by atoms with Gasteiger partial charge in [0.15, 0.2) is 0 Å². The lowest BCUT2D eigenvalue weighted by Crippen LogP contribution is -2.36. The third-order valence-electron chi connectivity index (χ3n) is 4.62.